The first-order valence-corrected chi connectivity index (χ1v) is 4.87. The Labute approximate surface area is 75.0 Å². The van der Waals surface area contributed by atoms with Gasteiger partial charge in [0, 0.05) is 13.0 Å². The molecule has 0 unspecified atom stereocenters. The third-order valence-electron chi connectivity index (χ3n) is 1.94. The van der Waals surface area contributed by atoms with Crippen LogP contribution in [0, 0.1) is 0 Å². The molecule has 0 rings (SSSR count). The van der Waals surface area contributed by atoms with Crippen LogP contribution in [0.3, 0.4) is 0 Å². The summed E-state index contributed by atoms with van der Waals surface area (Å²) in [5, 5.41) is 8.50. The normalized spacial score (nSPS) is 10.1. The van der Waals surface area contributed by atoms with E-state index in [1.807, 2.05) is 6.29 Å². The summed E-state index contributed by atoms with van der Waals surface area (Å²) < 4.78 is 0. The summed E-state index contributed by atoms with van der Waals surface area (Å²) in [4.78, 5) is 9.83. The molecule has 12 heavy (non-hydrogen) atoms. The van der Waals surface area contributed by atoms with Gasteiger partial charge in [0.05, 0.1) is 0 Å². The lowest BCUT2D eigenvalue weighted by Crippen LogP contribution is -1.84. The maximum atomic E-state index is 9.83. The summed E-state index contributed by atoms with van der Waals surface area (Å²) in [5.74, 6) is 0. The summed E-state index contributed by atoms with van der Waals surface area (Å²) in [6.45, 7) is 0.320. The summed E-state index contributed by atoms with van der Waals surface area (Å²) in [6.07, 6.45) is 10.4. The third kappa shape index (κ3) is 9.63. The number of carbonyl (C=O) groups excluding carboxylic acids is 1. The van der Waals surface area contributed by atoms with E-state index in [1.54, 1.807) is 0 Å². The Balaban J connectivity index is 2.77. The van der Waals surface area contributed by atoms with E-state index in [9.17, 15) is 4.79 Å². The largest absolute Gasteiger partial charge is 0.396 e. The van der Waals surface area contributed by atoms with E-state index in [2.05, 4.69) is 0 Å². The predicted octanol–water partition coefficient (Wildman–Crippen LogP) is 2.21. The molecule has 0 aromatic heterocycles. The van der Waals surface area contributed by atoms with Crippen LogP contribution in [0.25, 0.3) is 0 Å². The first-order chi connectivity index (χ1) is 5.91. The minimum atomic E-state index is 0.320. The van der Waals surface area contributed by atoms with E-state index < -0.39 is 0 Å². The molecule has 0 saturated carbocycles. The number of hydrogen-bond acceptors (Lipinski definition) is 2. The quantitative estimate of drug-likeness (QED) is 0.540. The van der Waals surface area contributed by atoms with Crippen molar-refractivity contribution in [3.63, 3.8) is 0 Å². The Kier molecular flexibility index (Phi) is 10.3. The summed E-state index contributed by atoms with van der Waals surface area (Å²) in [7, 11) is 0. The molecule has 0 spiro atoms. The molecule has 2 nitrogen and oxygen atoms in total. The summed E-state index contributed by atoms with van der Waals surface area (Å²) in [5.41, 5.74) is 0. The highest BCUT2D eigenvalue weighted by Gasteiger charge is 1.90. The molecule has 1 N–H and O–H groups in total. The van der Waals surface area contributed by atoms with Crippen molar-refractivity contribution in [3.05, 3.63) is 0 Å². The zero-order valence-corrected chi connectivity index (χ0v) is 7.72. The number of aliphatic hydroxyl groups is 1. The number of hydrogen-bond donors (Lipinski definition) is 1. The smallest absolute Gasteiger partial charge is 0.198 e. The molecule has 0 fully saturated rings. The highest BCUT2D eigenvalue weighted by atomic mass is 16.2. The standard InChI is InChI=1S/C10H19O2/c11-9-7-5-3-1-2-4-6-8-10-12/h11H,1-9H2. The van der Waals surface area contributed by atoms with Crippen LogP contribution in [-0.2, 0) is 4.79 Å². The van der Waals surface area contributed by atoms with Crippen LogP contribution < -0.4 is 0 Å². The minimum Gasteiger partial charge on any atom is -0.396 e. The van der Waals surface area contributed by atoms with Crippen molar-refractivity contribution in [1.29, 1.82) is 0 Å². The molecule has 0 heterocycles. The molecule has 0 bridgehead atoms. The lowest BCUT2D eigenvalue weighted by atomic mass is 10.1. The minimum absolute atomic E-state index is 0.320. The van der Waals surface area contributed by atoms with Crippen LogP contribution in [-0.4, -0.2) is 18.0 Å². The molecule has 71 valence electrons. The molecule has 0 atom stereocenters. The van der Waals surface area contributed by atoms with Crippen molar-refractivity contribution in [3.8, 4) is 0 Å². The van der Waals surface area contributed by atoms with Gasteiger partial charge in [-0.2, -0.15) is 0 Å². The van der Waals surface area contributed by atoms with Gasteiger partial charge in [-0.05, 0) is 12.8 Å². The molecule has 1 radical (unpaired) electrons. The number of rotatable bonds is 9. The highest BCUT2D eigenvalue weighted by Crippen LogP contribution is 2.07. The molecule has 0 aliphatic rings. The van der Waals surface area contributed by atoms with Gasteiger partial charge in [-0.1, -0.05) is 32.1 Å². The van der Waals surface area contributed by atoms with Gasteiger partial charge in [-0.3, -0.25) is 4.79 Å². The first kappa shape index (κ1) is 11.6. The monoisotopic (exact) mass is 171 g/mol. The van der Waals surface area contributed by atoms with Gasteiger partial charge >= 0.3 is 0 Å². The second-order valence-electron chi connectivity index (χ2n) is 3.09. The molecular weight excluding hydrogens is 152 g/mol. The van der Waals surface area contributed by atoms with Crippen LogP contribution in [0.4, 0.5) is 0 Å². The molecular formula is C10H19O2. The molecule has 0 aliphatic heterocycles. The molecule has 0 aliphatic carbocycles. The van der Waals surface area contributed by atoms with Crippen LogP contribution in [0.1, 0.15) is 51.4 Å². The lowest BCUT2D eigenvalue weighted by Gasteiger charge is -1.98. The molecule has 0 amide bonds. The number of unbranched alkanes of at least 4 members (excludes halogenated alkanes) is 7. The Morgan fingerprint density at radius 3 is 1.83 bits per heavy atom. The third-order valence-corrected chi connectivity index (χ3v) is 1.94. The van der Waals surface area contributed by atoms with Gasteiger partial charge in [0.15, 0.2) is 6.29 Å². The van der Waals surface area contributed by atoms with Crippen molar-refractivity contribution in [2.45, 2.75) is 51.4 Å². The zero-order valence-electron chi connectivity index (χ0n) is 7.72. The first-order valence-electron chi connectivity index (χ1n) is 4.87. The Morgan fingerprint density at radius 2 is 1.33 bits per heavy atom. The average Bonchev–Trinajstić information content (AvgIpc) is 2.10. The van der Waals surface area contributed by atoms with Gasteiger partial charge in [0.1, 0.15) is 0 Å². The fourth-order valence-electron chi connectivity index (χ4n) is 1.19. The van der Waals surface area contributed by atoms with Gasteiger partial charge in [-0.25, -0.2) is 0 Å². The van der Waals surface area contributed by atoms with E-state index in [-0.39, 0.29) is 0 Å². The maximum absolute atomic E-state index is 9.83. The van der Waals surface area contributed by atoms with Crippen LogP contribution in [0.15, 0.2) is 0 Å². The maximum Gasteiger partial charge on any atom is 0.198 e. The average molecular weight is 171 g/mol. The topological polar surface area (TPSA) is 37.3 Å². The van der Waals surface area contributed by atoms with E-state index in [0.29, 0.717) is 13.0 Å². The van der Waals surface area contributed by atoms with Crippen LogP contribution in [0.5, 0.6) is 0 Å². The lowest BCUT2D eigenvalue weighted by molar-refractivity contribution is 0.282. The fourth-order valence-corrected chi connectivity index (χ4v) is 1.19. The van der Waals surface area contributed by atoms with Crippen molar-refractivity contribution in [2.75, 3.05) is 6.61 Å². The van der Waals surface area contributed by atoms with E-state index in [0.717, 1.165) is 25.7 Å². The van der Waals surface area contributed by atoms with Gasteiger partial charge < -0.3 is 5.11 Å². The van der Waals surface area contributed by atoms with Crippen molar-refractivity contribution in [1.82, 2.24) is 0 Å². The van der Waals surface area contributed by atoms with E-state index in [4.69, 9.17) is 5.11 Å². The van der Waals surface area contributed by atoms with Crippen LogP contribution >= 0.6 is 0 Å². The Bertz CT molecular complexity index is 91.8. The van der Waals surface area contributed by atoms with Gasteiger partial charge in [-0.15, -0.1) is 0 Å². The second kappa shape index (κ2) is 10.6. The second-order valence-corrected chi connectivity index (χ2v) is 3.09. The summed E-state index contributed by atoms with van der Waals surface area (Å²) >= 11 is 0. The summed E-state index contributed by atoms with van der Waals surface area (Å²) in [6, 6.07) is 0. The predicted molar refractivity (Wildman–Crippen MR) is 49.7 cm³/mol. The van der Waals surface area contributed by atoms with Crippen molar-refractivity contribution in [2.24, 2.45) is 0 Å². The van der Waals surface area contributed by atoms with Gasteiger partial charge in [0.2, 0.25) is 0 Å². The molecule has 0 aromatic rings. The molecule has 0 aromatic carbocycles. The van der Waals surface area contributed by atoms with E-state index in [1.165, 1.54) is 19.3 Å². The zero-order chi connectivity index (χ0) is 9.07. The molecule has 2 heteroatoms. The van der Waals surface area contributed by atoms with Gasteiger partial charge in [0.25, 0.3) is 0 Å². The van der Waals surface area contributed by atoms with Crippen LogP contribution in [0.2, 0.25) is 0 Å². The Hall–Kier alpha value is -0.370. The van der Waals surface area contributed by atoms with Crippen molar-refractivity contribution >= 4 is 6.29 Å². The molecule has 0 saturated heterocycles. The fraction of sp³-hybridized carbons (Fsp3) is 0.900. The number of aliphatic hydroxyl groups excluding tert-OH is 1. The SMILES string of the molecule is O=[C]CCCCCCCCCO. The van der Waals surface area contributed by atoms with E-state index >= 15 is 0 Å². The highest BCUT2D eigenvalue weighted by molar-refractivity contribution is 5.50. The Morgan fingerprint density at radius 1 is 0.833 bits per heavy atom. The van der Waals surface area contributed by atoms with Crippen molar-refractivity contribution < 1.29 is 9.90 Å².